The summed E-state index contributed by atoms with van der Waals surface area (Å²) in [6, 6.07) is 1.78. The van der Waals surface area contributed by atoms with E-state index in [2.05, 4.69) is 41.2 Å². The van der Waals surface area contributed by atoms with Crippen LogP contribution in [0.5, 0.6) is 0 Å². The van der Waals surface area contributed by atoms with E-state index in [1.165, 1.54) is 11.8 Å². The molecule has 0 amide bonds. The fraction of sp³-hybridized carbons (Fsp3) is 0.111. The maximum atomic E-state index is 4.30. The van der Waals surface area contributed by atoms with Crippen LogP contribution in [0.3, 0.4) is 0 Å². The molecule has 0 atom stereocenters. The number of aromatic nitrogens is 4. The van der Waals surface area contributed by atoms with Gasteiger partial charge in [0.15, 0.2) is 5.16 Å². The Morgan fingerprint density at radius 2 is 2.00 bits per heavy atom. The molecular formula is C9H8BrN5S. The second kappa shape index (κ2) is 5.22. The molecule has 0 saturated carbocycles. The predicted molar refractivity (Wildman–Crippen MR) is 65.4 cm³/mol. The summed E-state index contributed by atoms with van der Waals surface area (Å²) in [5.41, 5.74) is 0. The number of hydrogen-bond donors (Lipinski definition) is 1. The van der Waals surface area contributed by atoms with E-state index < -0.39 is 0 Å². The van der Waals surface area contributed by atoms with Crippen molar-refractivity contribution in [1.82, 2.24) is 19.9 Å². The third kappa shape index (κ3) is 2.67. The zero-order valence-corrected chi connectivity index (χ0v) is 10.8. The molecule has 0 aliphatic heterocycles. The van der Waals surface area contributed by atoms with Crippen molar-refractivity contribution in [1.29, 1.82) is 0 Å². The van der Waals surface area contributed by atoms with Crippen LogP contribution in [0.1, 0.15) is 0 Å². The maximum absolute atomic E-state index is 4.30. The first-order valence-electron chi connectivity index (χ1n) is 4.45. The molecule has 5 nitrogen and oxygen atoms in total. The van der Waals surface area contributed by atoms with Gasteiger partial charge in [0.25, 0.3) is 0 Å². The van der Waals surface area contributed by atoms with Gasteiger partial charge in [0.1, 0.15) is 5.03 Å². The molecule has 0 saturated heterocycles. The zero-order chi connectivity index (χ0) is 11.4. The van der Waals surface area contributed by atoms with Gasteiger partial charge in [-0.3, -0.25) is 0 Å². The molecule has 0 bridgehead atoms. The second-order valence-electron chi connectivity index (χ2n) is 2.73. The summed E-state index contributed by atoms with van der Waals surface area (Å²) in [4.78, 5) is 16.6. The van der Waals surface area contributed by atoms with Crippen molar-refractivity contribution in [2.45, 2.75) is 10.2 Å². The number of halogens is 1. The molecule has 2 rings (SSSR count). The van der Waals surface area contributed by atoms with Gasteiger partial charge in [0, 0.05) is 25.6 Å². The van der Waals surface area contributed by atoms with Crippen LogP contribution in [0.4, 0.5) is 5.95 Å². The molecule has 2 aromatic heterocycles. The molecule has 0 radical (unpaired) electrons. The first-order chi connectivity index (χ1) is 7.79. The van der Waals surface area contributed by atoms with Gasteiger partial charge < -0.3 is 5.32 Å². The van der Waals surface area contributed by atoms with Crippen molar-refractivity contribution in [2.24, 2.45) is 0 Å². The maximum Gasteiger partial charge on any atom is 0.223 e. The van der Waals surface area contributed by atoms with Crippen LogP contribution < -0.4 is 5.32 Å². The number of rotatable bonds is 3. The van der Waals surface area contributed by atoms with E-state index >= 15 is 0 Å². The summed E-state index contributed by atoms with van der Waals surface area (Å²) in [7, 11) is 1.77. The van der Waals surface area contributed by atoms with E-state index in [9.17, 15) is 0 Å². The van der Waals surface area contributed by atoms with Gasteiger partial charge in [0.2, 0.25) is 5.95 Å². The molecule has 1 N–H and O–H groups in total. The topological polar surface area (TPSA) is 63.6 Å². The molecule has 0 fully saturated rings. The van der Waals surface area contributed by atoms with Gasteiger partial charge in [0.05, 0.1) is 4.47 Å². The third-order valence-corrected chi connectivity index (χ3v) is 3.41. The van der Waals surface area contributed by atoms with E-state index in [-0.39, 0.29) is 0 Å². The number of nitrogens with zero attached hydrogens (tertiary/aromatic N) is 4. The van der Waals surface area contributed by atoms with Gasteiger partial charge in [-0.15, -0.1) is 0 Å². The lowest BCUT2D eigenvalue weighted by atomic mass is 10.7. The summed E-state index contributed by atoms with van der Waals surface area (Å²) < 4.78 is 0.823. The lowest BCUT2D eigenvalue weighted by molar-refractivity contribution is 0.952. The first kappa shape index (κ1) is 11.3. The standard InChI is InChI=1S/C9H8BrN5S/c1-11-8-14-5-6(10)7(15-8)16-9-12-3-2-4-13-9/h2-5H,1H3,(H,11,14,15). The van der Waals surface area contributed by atoms with Crippen molar-refractivity contribution >= 4 is 33.6 Å². The molecule has 0 aromatic carbocycles. The Hall–Kier alpha value is -1.21. The molecule has 0 unspecified atom stereocenters. The molecule has 0 aliphatic rings. The van der Waals surface area contributed by atoms with Gasteiger partial charge in [-0.1, -0.05) is 0 Å². The van der Waals surface area contributed by atoms with E-state index in [4.69, 9.17) is 0 Å². The Labute approximate surface area is 105 Å². The number of hydrogen-bond acceptors (Lipinski definition) is 6. The summed E-state index contributed by atoms with van der Waals surface area (Å²) in [6.45, 7) is 0. The summed E-state index contributed by atoms with van der Waals surface area (Å²) in [5.74, 6) is 0.571. The van der Waals surface area contributed by atoms with Crippen molar-refractivity contribution in [3.05, 3.63) is 29.1 Å². The average Bonchev–Trinajstić information content (AvgIpc) is 2.33. The lowest BCUT2D eigenvalue weighted by Gasteiger charge is -2.03. The van der Waals surface area contributed by atoms with E-state index in [0.717, 1.165) is 9.50 Å². The second-order valence-corrected chi connectivity index (χ2v) is 4.54. The normalized spacial score (nSPS) is 10.1. The lowest BCUT2D eigenvalue weighted by Crippen LogP contribution is -1.97. The van der Waals surface area contributed by atoms with Crippen molar-refractivity contribution in [3.63, 3.8) is 0 Å². The summed E-state index contributed by atoms with van der Waals surface area (Å²) >= 11 is 4.77. The highest BCUT2D eigenvalue weighted by atomic mass is 79.9. The Bertz CT molecular complexity index is 479. The number of nitrogens with one attached hydrogen (secondary N) is 1. The fourth-order valence-electron chi connectivity index (χ4n) is 0.968. The monoisotopic (exact) mass is 297 g/mol. The van der Waals surface area contributed by atoms with Crippen molar-refractivity contribution in [3.8, 4) is 0 Å². The Morgan fingerprint density at radius 1 is 1.25 bits per heavy atom. The van der Waals surface area contributed by atoms with Crippen LogP contribution in [-0.2, 0) is 0 Å². The average molecular weight is 298 g/mol. The van der Waals surface area contributed by atoms with Crippen molar-refractivity contribution in [2.75, 3.05) is 12.4 Å². The molecule has 0 aliphatic carbocycles. The molecule has 82 valence electrons. The van der Waals surface area contributed by atoms with Gasteiger partial charge in [-0.25, -0.2) is 19.9 Å². The highest BCUT2D eigenvalue weighted by Gasteiger charge is 2.07. The third-order valence-electron chi connectivity index (χ3n) is 1.67. The Kier molecular flexibility index (Phi) is 3.68. The van der Waals surface area contributed by atoms with Crippen LogP contribution in [-0.4, -0.2) is 27.0 Å². The largest absolute Gasteiger partial charge is 0.357 e. The molecule has 16 heavy (non-hydrogen) atoms. The van der Waals surface area contributed by atoms with Crippen LogP contribution in [0, 0.1) is 0 Å². The molecular weight excluding hydrogens is 290 g/mol. The van der Waals surface area contributed by atoms with Gasteiger partial charge in [-0.05, 0) is 33.8 Å². The Balaban J connectivity index is 2.27. The summed E-state index contributed by atoms with van der Waals surface area (Å²) in [5, 5.41) is 4.32. The van der Waals surface area contributed by atoms with Crippen LogP contribution in [0.15, 0.2) is 39.3 Å². The highest BCUT2D eigenvalue weighted by molar-refractivity contribution is 9.10. The van der Waals surface area contributed by atoms with Crippen LogP contribution in [0.25, 0.3) is 0 Å². The quantitative estimate of drug-likeness (QED) is 0.692. The van der Waals surface area contributed by atoms with Crippen LogP contribution in [0.2, 0.25) is 0 Å². The van der Waals surface area contributed by atoms with E-state index in [0.29, 0.717) is 11.1 Å². The minimum absolute atomic E-state index is 0.571. The van der Waals surface area contributed by atoms with Gasteiger partial charge in [-0.2, -0.15) is 0 Å². The molecule has 2 aromatic rings. The van der Waals surface area contributed by atoms with Crippen molar-refractivity contribution < 1.29 is 0 Å². The number of anilines is 1. The smallest absolute Gasteiger partial charge is 0.223 e. The van der Waals surface area contributed by atoms with E-state index in [1.807, 2.05) is 0 Å². The predicted octanol–water partition coefficient (Wildman–Crippen LogP) is 2.22. The molecule has 2 heterocycles. The minimum atomic E-state index is 0.571. The minimum Gasteiger partial charge on any atom is -0.357 e. The highest BCUT2D eigenvalue weighted by Crippen LogP contribution is 2.29. The Morgan fingerprint density at radius 3 is 2.69 bits per heavy atom. The van der Waals surface area contributed by atoms with Crippen LogP contribution >= 0.6 is 27.7 Å². The first-order valence-corrected chi connectivity index (χ1v) is 6.05. The van der Waals surface area contributed by atoms with Gasteiger partial charge >= 0.3 is 0 Å². The SMILES string of the molecule is CNc1ncc(Br)c(Sc2ncccn2)n1. The van der Waals surface area contributed by atoms with E-state index in [1.54, 1.807) is 31.7 Å². The molecule has 0 spiro atoms. The molecule has 7 heteroatoms. The summed E-state index contributed by atoms with van der Waals surface area (Å²) in [6.07, 6.45) is 5.09. The zero-order valence-electron chi connectivity index (χ0n) is 8.38. The fourth-order valence-corrected chi connectivity index (χ4v) is 2.08.